The van der Waals surface area contributed by atoms with Crippen molar-refractivity contribution in [1.82, 2.24) is 0 Å². The first-order valence-corrected chi connectivity index (χ1v) is 9.92. The third-order valence-corrected chi connectivity index (χ3v) is 4.46. The van der Waals surface area contributed by atoms with Crippen LogP contribution in [-0.2, 0) is 34.5 Å². The minimum absolute atomic E-state index is 0.121. The largest absolute Gasteiger partial charge is 0.497 e. The van der Waals surface area contributed by atoms with Crippen molar-refractivity contribution in [2.75, 3.05) is 24.7 Å². The van der Waals surface area contributed by atoms with Crippen LogP contribution in [0.3, 0.4) is 0 Å². The average Bonchev–Trinajstić information content (AvgIpc) is 2.39. The van der Waals surface area contributed by atoms with Crippen LogP contribution in [0.5, 0.6) is 0 Å². The predicted octanol–water partition coefficient (Wildman–Crippen LogP) is -1.51. The van der Waals surface area contributed by atoms with E-state index in [2.05, 4.69) is 0 Å². The van der Waals surface area contributed by atoms with E-state index in [4.69, 9.17) is 23.7 Å². The Balaban J connectivity index is 2.80. The minimum Gasteiger partial charge on any atom is -0.497 e. The molecule has 0 saturated carbocycles. The van der Waals surface area contributed by atoms with Gasteiger partial charge >= 0.3 is 5.97 Å². The van der Waals surface area contributed by atoms with Crippen LogP contribution in [-0.4, -0.2) is 75.7 Å². The molecule has 0 heterocycles. The van der Waals surface area contributed by atoms with Crippen molar-refractivity contribution in [2.24, 2.45) is 0 Å². The molecule has 0 amide bonds. The van der Waals surface area contributed by atoms with Crippen molar-refractivity contribution < 1.29 is 45.3 Å². The highest BCUT2D eigenvalue weighted by atomic mass is 32.2. The van der Waals surface area contributed by atoms with Gasteiger partial charge in [0.1, 0.15) is 20.2 Å². The number of carboxylic acid groups (broad SMARTS) is 1. The van der Waals surface area contributed by atoms with Crippen molar-refractivity contribution in [3.63, 3.8) is 0 Å². The molecular weight excluding hydrogens is 367 g/mol. The van der Waals surface area contributed by atoms with Crippen LogP contribution in [0.4, 0.5) is 0 Å². The molecule has 3 N–H and O–H groups in total. The third kappa shape index (κ3) is 7.44. The van der Waals surface area contributed by atoms with E-state index in [-0.39, 0.29) is 24.5 Å². The minimum atomic E-state index is -4.23. The van der Waals surface area contributed by atoms with Gasteiger partial charge in [-0.25, -0.2) is 4.79 Å². The van der Waals surface area contributed by atoms with Crippen LogP contribution < -0.4 is 0 Å². The molecular formula is C11H17BO10S2. The van der Waals surface area contributed by atoms with Gasteiger partial charge in [-0.05, 0) is 12.2 Å². The Morgan fingerprint density at radius 2 is 1.67 bits per heavy atom. The number of rotatable bonds is 9. The predicted molar refractivity (Wildman–Crippen MR) is 84.6 cm³/mol. The van der Waals surface area contributed by atoms with Gasteiger partial charge in [0.15, 0.2) is 0 Å². The molecule has 0 aromatic carbocycles. The summed E-state index contributed by atoms with van der Waals surface area (Å²) in [5.41, 5.74) is -0.174. The second kappa shape index (κ2) is 8.12. The fourth-order valence-electron chi connectivity index (χ4n) is 1.87. The molecule has 0 aliphatic heterocycles. The Hall–Kier alpha value is -1.41. The fraction of sp³-hybridized carbons (Fsp3) is 0.545. The first-order chi connectivity index (χ1) is 10.9. The summed E-state index contributed by atoms with van der Waals surface area (Å²) < 4.78 is 70.5. The monoisotopic (exact) mass is 384 g/mol. The maximum absolute atomic E-state index is 11.1. The van der Waals surface area contributed by atoms with E-state index in [1.165, 1.54) is 12.2 Å². The smallest absolute Gasteiger partial charge is 0.335 e. The molecule has 1 aliphatic rings. The van der Waals surface area contributed by atoms with Crippen molar-refractivity contribution in [3.05, 3.63) is 23.5 Å². The molecule has 0 fully saturated rings. The SMILES string of the molecule is BC1C(OCCS(=O)(=O)O)=CC(C(=O)O)=CC1OCCS(=O)(=O)O. The fourth-order valence-corrected chi connectivity index (χ4v) is 2.47. The summed E-state index contributed by atoms with van der Waals surface area (Å²) >= 11 is 0. The van der Waals surface area contributed by atoms with Crippen molar-refractivity contribution in [3.8, 4) is 0 Å². The molecule has 1 aliphatic carbocycles. The van der Waals surface area contributed by atoms with Crippen LogP contribution in [0.25, 0.3) is 0 Å². The van der Waals surface area contributed by atoms with E-state index in [0.29, 0.717) is 0 Å². The number of aliphatic carboxylic acids is 1. The van der Waals surface area contributed by atoms with Gasteiger partial charge in [-0.3, -0.25) is 9.11 Å². The Kier molecular flexibility index (Phi) is 6.98. The lowest BCUT2D eigenvalue weighted by Crippen LogP contribution is -2.28. The maximum Gasteiger partial charge on any atom is 0.335 e. The van der Waals surface area contributed by atoms with Gasteiger partial charge in [-0.1, -0.05) is 0 Å². The summed E-state index contributed by atoms with van der Waals surface area (Å²) in [6, 6.07) is 0. The molecule has 0 spiro atoms. The Morgan fingerprint density at radius 1 is 1.12 bits per heavy atom. The highest BCUT2D eigenvalue weighted by Gasteiger charge is 2.28. The second-order valence-electron chi connectivity index (χ2n) is 5.02. The molecule has 0 saturated heterocycles. The number of hydrogen-bond acceptors (Lipinski definition) is 7. The van der Waals surface area contributed by atoms with Gasteiger partial charge in [0, 0.05) is 5.82 Å². The summed E-state index contributed by atoms with van der Waals surface area (Å²) in [5, 5.41) is 9.07. The van der Waals surface area contributed by atoms with Crippen LogP contribution in [0, 0.1) is 0 Å². The van der Waals surface area contributed by atoms with E-state index < -0.39 is 49.6 Å². The normalized spacial score (nSPS) is 21.8. The van der Waals surface area contributed by atoms with Gasteiger partial charge in [-0.2, -0.15) is 16.8 Å². The van der Waals surface area contributed by atoms with Crippen LogP contribution in [0.2, 0.25) is 5.82 Å². The van der Waals surface area contributed by atoms with Gasteiger partial charge in [0.25, 0.3) is 20.2 Å². The zero-order chi connectivity index (χ0) is 18.5. The molecule has 0 aromatic heterocycles. The summed E-state index contributed by atoms with van der Waals surface area (Å²) in [5.74, 6) is -3.01. The Morgan fingerprint density at radius 3 is 2.17 bits per heavy atom. The molecule has 13 heteroatoms. The lowest BCUT2D eigenvalue weighted by Gasteiger charge is -2.28. The first-order valence-electron chi connectivity index (χ1n) is 6.70. The topological polar surface area (TPSA) is 164 Å². The van der Waals surface area contributed by atoms with E-state index in [1.807, 2.05) is 0 Å². The Bertz CT molecular complexity index is 737. The maximum atomic E-state index is 11.1. The number of hydrogen-bond donors (Lipinski definition) is 3. The van der Waals surface area contributed by atoms with Gasteiger partial charge < -0.3 is 14.6 Å². The number of ether oxygens (including phenoxy) is 2. The standard InChI is InChI=1S/C11H17BO10S2/c12-10-8(21-1-3-23(15,16)17)5-7(11(13)14)6-9(10)22-2-4-24(18,19)20/h5-6,8,10H,1-4,12H2,(H,13,14)(H,15,16,17)(H,18,19,20). The lowest BCUT2D eigenvalue weighted by atomic mass is 9.77. The molecule has 2 unspecified atom stereocenters. The zero-order valence-electron chi connectivity index (χ0n) is 12.7. The lowest BCUT2D eigenvalue weighted by molar-refractivity contribution is -0.132. The molecule has 136 valence electrons. The number of carboxylic acids is 1. The first kappa shape index (κ1) is 20.6. The van der Waals surface area contributed by atoms with Crippen molar-refractivity contribution in [2.45, 2.75) is 11.9 Å². The molecule has 1 rings (SSSR count). The van der Waals surface area contributed by atoms with Crippen molar-refractivity contribution in [1.29, 1.82) is 0 Å². The zero-order valence-corrected chi connectivity index (χ0v) is 14.3. The highest BCUT2D eigenvalue weighted by Crippen LogP contribution is 2.30. The molecule has 0 bridgehead atoms. The van der Waals surface area contributed by atoms with E-state index >= 15 is 0 Å². The summed E-state index contributed by atoms with van der Waals surface area (Å²) in [4.78, 5) is 11.1. The number of carbonyl (C=O) groups is 1. The van der Waals surface area contributed by atoms with E-state index in [1.54, 1.807) is 7.85 Å². The van der Waals surface area contributed by atoms with Crippen LogP contribution >= 0.6 is 0 Å². The summed E-state index contributed by atoms with van der Waals surface area (Å²) in [6.45, 7) is -0.755. The molecule has 0 radical (unpaired) electrons. The molecule has 24 heavy (non-hydrogen) atoms. The van der Waals surface area contributed by atoms with Gasteiger partial charge in [0.2, 0.25) is 0 Å². The molecule has 2 atom stereocenters. The summed E-state index contributed by atoms with van der Waals surface area (Å²) in [7, 11) is -6.84. The third-order valence-electron chi connectivity index (χ3n) is 3.09. The van der Waals surface area contributed by atoms with Gasteiger partial charge in [0.05, 0.1) is 29.8 Å². The second-order valence-corrected chi connectivity index (χ2v) is 8.16. The van der Waals surface area contributed by atoms with Crippen LogP contribution in [0.1, 0.15) is 0 Å². The quantitative estimate of drug-likeness (QED) is 0.314. The molecule has 0 aromatic rings. The highest BCUT2D eigenvalue weighted by molar-refractivity contribution is 7.86. The average molecular weight is 384 g/mol. The molecule has 10 nitrogen and oxygen atoms in total. The van der Waals surface area contributed by atoms with E-state index in [9.17, 15) is 21.6 Å². The van der Waals surface area contributed by atoms with Crippen molar-refractivity contribution >= 4 is 34.1 Å². The Labute approximate surface area is 140 Å². The van der Waals surface area contributed by atoms with E-state index in [0.717, 1.165) is 0 Å². The summed E-state index contributed by atoms with van der Waals surface area (Å²) in [6.07, 6.45) is 1.61. The van der Waals surface area contributed by atoms with Gasteiger partial charge in [-0.15, -0.1) is 0 Å². The van der Waals surface area contributed by atoms with Crippen LogP contribution in [0.15, 0.2) is 23.5 Å².